The summed E-state index contributed by atoms with van der Waals surface area (Å²) in [5.74, 6) is 0. The minimum absolute atomic E-state index is 0.171. The van der Waals surface area contributed by atoms with Crippen LogP contribution in [0.15, 0.2) is 18.2 Å². The van der Waals surface area contributed by atoms with Crippen LogP contribution in [0.25, 0.3) is 0 Å². The molecule has 1 heterocycles. The minimum Gasteiger partial charge on any atom is -0.381 e. The third-order valence-corrected chi connectivity index (χ3v) is 3.23. The van der Waals surface area contributed by atoms with E-state index in [1.54, 1.807) is 6.07 Å². The highest BCUT2D eigenvalue weighted by Crippen LogP contribution is 2.42. The second-order valence-electron chi connectivity index (χ2n) is 4.93. The Bertz CT molecular complexity index is 440. The smallest absolute Gasteiger partial charge is 0.381 e. The summed E-state index contributed by atoms with van der Waals surface area (Å²) >= 11 is 0. The number of nitrogens with one attached hydrogen (secondary N) is 1. The van der Waals surface area contributed by atoms with Crippen LogP contribution in [0.5, 0.6) is 0 Å². The Labute approximate surface area is 105 Å². The predicted octanol–water partition coefficient (Wildman–Crippen LogP) is 3.73. The van der Waals surface area contributed by atoms with Crippen molar-refractivity contribution in [3.8, 4) is 0 Å². The highest BCUT2D eigenvalue weighted by atomic mass is 19.4. The molecule has 100 valence electrons. The van der Waals surface area contributed by atoms with Gasteiger partial charge in [-0.05, 0) is 32.9 Å². The Morgan fingerprint density at radius 3 is 2.56 bits per heavy atom. The molecule has 0 amide bonds. The van der Waals surface area contributed by atoms with Crippen LogP contribution in [0.2, 0.25) is 0 Å². The molecule has 0 aromatic heterocycles. The molecule has 2 rings (SSSR count). The molecule has 1 aliphatic rings. The van der Waals surface area contributed by atoms with Crippen molar-refractivity contribution in [1.29, 1.82) is 0 Å². The number of fused-ring (bicyclic) bond motifs is 1. The van der Waals surface area contributed by atoms with Crippen LogP contribution in [-0.4, -0.2) is 18.6 Å². The van der Waals surface area contributed by atoms with Gasteiger partial charge in [0.05, 0.1) is 16.9 Å². The Kier molecular flexibility index (Phi) is 3.17. The van der Waals surface area contributed by atoms with Gasteiger partial charge in [0.25, 0.3) is 0 Å². The van der Waals surface area contributed by atoms with E-state index in [0.29, 0.717) is 12.2 Å². The summed E-state index contributed by atoms with van der Waals surface area (Å²) in [7, 11) is 0. The van der Waals surface area contributed by atoms with Crippen LogP contribution >= 0.6 is 0 Å². The summed E-state index contributed by atoms with van der Waals surface area (Å²) in [4.78, 5) is 2.03. The first-order chi connectivity index (χ1) is 8.32. The zero-order valence-electron chi connectivity index (χ0n) is 10.7. The average molecular weight is 258 g/mol. The van der Waals surface area contributed by atoms with Crippen molar-refractivity contribution in [2.45, 2.75) is 39.0 Å². The van der Waals surface area contributed by atoms with Crippen LogP contribution in [0.3, 0.4) is 0 Å². The van der Waals surface area contributed by atoms with E-state index in [9.17, 15) is 13.2 Å². The van der Waals surface area contributed by atoms with Crippen molar-refractivity contribution in [1.82, 2.24) is 0 Å². The zero-order valence-corrected chi connectivity index (χ0v) is 10.7. The van der Waals surface area contributed by atoms with Crippen molar-refractivity contribution in [2.75, 3.05) is 16.8 Å². The molecule has 18 heavy (non-hydrogen) atoms. The highest BCUT2D eigenvalue weighted by molar-refractivity contribution is 5.77. The molecule has 5 heteroatoms. The van der Waals surface area contributed by atoms with Crippen LogP contribution in [0.4, 0.5) is 24.5 Å². The largest absolute Gasteiger partial charge is 0.418 e. The van der Waals surface area contributed by atoms with Crippen molar-refractivity contribution in [2.24, 2.45) is 0 Å². The van der Waals surface area contributed by atoms with E-state index < -0.39 is 11.7 Å². The van der Waals surface area contributed by atoms with Gasteiger partial charge in [-0.25, -0.2) is 0 Å². The molecular weight excluding hydrogens is 241 g/mol. The third kappa shape index (κ3) is 2.13. The molecule has 0 saturated carbocycles. The van der Waals surface area contributed by atoms with Gasteiger partial charge in [0.1, 0.15) is 0 Å². The number of hydrogen-bond acceptors (Lipinski definition) is 2. The molecule has 1 atom stereocenters. The third-order valence-electron chi connectivity index (χ3n) is 3.23. The maximum Gasteiger partial charge on any atom is 0.418 e. The molecule has 1 N–H and O–H groups in total. The van der Waals surface area contributed by atoms with Gasteiger partial charge in [-0.3, -0.25) is 0 Å². The normalized spacial score (nSPS) is 19.7. The van der Waals surface area contributed by atoms with Crippen LogP contribution < -0.4 is 10.2 Å². The Morgan fingerprint density at radius 1 is 1.33 bits per heavy atom. The topological polar surface area (TPSA) is 15.3 Å². The van der Waals surface area contributed by atoms with E-state index in [2.05, 4.69) is 5.32 Å². The van der Waals surface area contributed by atoms with E-state index >= 15 is 0 Å². The fourth-order valence-corrected chi connectivity index (χ4v) is 2.55. The van der Waals surface area contributed by atoms with Gasteiger partial charge >= 0.3 is 6.18 Å². The number of para-hydroxylation sites is 1. The first-order valence-electron chi connectivity index (χ1n) is 6.04. The number of benzene rings is 1. The lowest BCUT2D eigenvalue weighted by molar-refractivity contribution is -0.137. The molecule has 1 aromatic carbocycles. The summed E-state index contributed by atoms with van der Waals surface area (Å²) in [6.07, 6.45) is -4.32. The van der Waals surface area contributed by atoms with E-state index in [0.717, 1.165) is 6.07 Å². The first-order valence-corrected chi connectivity index (χ1v) is 6.04. The lowest BCUT2D eigenvalue weighted by atomic mass is 10.0. The number of halogens is 3. The fraction of sp³-hybridized carbons (Fsp3) is 0.538. The predicted molar refractivity (Wildman–Crippen MR) is 67.0 cm³/mol. The molecule has 0 saturated heterocycles. The van der Waals surface area contributed by atoms with Crippen molar-refractivity contribution < 1.29 is 13.2 Å². The number of alkyl halides is 3. The molecule has 0 radical (unpaired) electrons. The van der Waals surface area contributed by atoms with E-state index in [-0.39, 0.29) is 17.8 Å². The van der Waals surface area contributed by atoms with Gasteiger partial charge in [-0.1, -0.05) is 6.07 Å². The Hall–Kier alpha value is -1.39. The summed E-state index contributed by atoms with van der Waals surface area (Å²) in [6, 6.07) is 4.69. The SMILES string of the molecule is CC(C)N1c2cccc(C(F)(F)F)c2NCC1C. The van der Waals surface area contributed by atoms with E-state index in [4.69, 9.17) is 0 Å². The molecule has 0 spiro atoms. The van der Waals surface area contributed by atoms with Gasteiger partial charge in [-0.15, -0.1) is 0 Å². The van der Waals surface area contributed by atoms with Gasteiger partial charge in [0, 0.05) is 18.6 Å². The summed E-state index contributed by atoms with van der Waals surface area (Å²) in [5, 5.41) is 2.91. The van der Waals surface area contributed by atoms with Gasteiger partial charge < -0.3 is 10.2 Å². The van der Waals surface area contributed by atoms with Crippen LogP contribution in [0.1, 0.15) is 26.3 Å². The van der Waals surface area contributed by atoms with Crippen LogP contribution in [-0.2, 0) is 6.18 Å². The number of hydrogen-bond donors (Lipinski definition) is 1. The van der Waals surface area contributed by atoms with E-state index in [1.807, 2.05) is 25.7 Å². The van der Waals surface area contributed by atoms with Gasteiger partial charge in [0.2, 0.25) is 0 Å². The number of anilines is 2. The summed E-state index contributed by atoms with van der Waals surface area (Å²) < 4.78 is 38.8. The summed E-state index contributed by atoms with van der Waals surface area (Å²) in [6.45, 7) is 6.52. The monoisotopic (exact) mass is 258 g/mol. The quantitative estimate of drug-likeness (QED) is 0.825. The fourth-order valence-electron chi connectivity index (χ4n) is 2.55. The first kappa shape index (κ1) is 13.1. The van der Waals surface area contributed by atoms with Crippen molar-refractivity contribution >= 4 is 11.4 Å². The molecule has 2 nitrogen and oxygen atoms in total. The molecule has 0 bridgehead atoms. The van der Waals surface area contributed by atoms with Crippen molar-refractivity contribution in [3.05, 3.63) is 23.8 Å². The van der Waals surface area contributed by atoms with Gasteiger partial charge in [-0.2, -0.15) is 13.2 Å². The Balaban J connectivity index is 2.55. The molecule has 1 aromatic rings. The minimum atomic E-state index is -4.32. The van der Waals surface area contributed by atoms with Gasteiger partial charge in [0.15, 0.2) is 0 Å². The van der Waals surface area contributed by atoms with Crippen LogP contribution in [0, 0.1) is 0 Å². The lowest BCUT2D eigenvalue weighted by Gasteiger charge is -2.41. The second-order valence-corrected chi connectivity index (χ2v) is 4.93. The molecule has 0 aliphatic carbocycles. The number of nitrogens with zero attached hydrogens (tertiary/aromatic N) is 1. The van der Waals surface area contributed by atoms with E-state index in [1.165, 1.54) is 6.07 Å². The maximum absolute atomic E-state index is 12.9. The zero-order chi connectivity index (χ0) is 13.5. The average Bonchev–Trinajstić information content (AvgIpc) is 2.25. The maximum atomic E-state index is 12.9. The molecule has 1 unspecified atom stereocenters. The van der Waals surface area contributed by atoms with Crippen molar-refractivity contribution in [3.63, 3.8) is 0 Å². The summed E-state index contributed by atoms with van der Waals surface area (Å²) in [5.41, 5.74) is 0.257. The molecule has 0 fully saturated rings. The molecule has 1 aliphatic heterocycles. The number of rotatable bonds is 1. The standard InChI is InChI=1S/C13H17F3N2/c1-8(2)18-9(3)7-17-12-10(13(14,15)16)5-4-6-11(12)18/h4-6,8-9,17H,7H2,1-3H3. The highest BCUT2D eigenvalue weighted by Gasteiger charge is 2.37. The second kappa shape index (κ2) is 4.37. The lowest BCUT2D eigenvalue weighted by Crippen LogP contribution is -2.46. The molecular formula is C13H17F3N2. The Morgan fingerprint density at radius 2 is 2.00 bits per heavy atom.